The third-order valence-corrected chi connectivity index (χ3v) is 4.01. The van der Waals surface area contributed by atoms with Crippen LogP contribution in [0.15, 0.2) is 60.9 Å². The van der Waals surface area contributed by atoms with E-state index in [0.29, 0.717) is 28.9 Å². The van der Waals surface area contributed by atoms with Gasteiger partial charge in [0.25, 0.3) is 5.91 Å². The van der Waals surface area contributed by atoms with Crippen molar-refractivity contribution < 1.29 is 13.9 Å². The fraction of sp³-hybridized carbons (Fsp3) is 0.150. The summed E-state index contributed by atoms with van der Waals surface area (Å²) in [5, 5.41) is 2.95. The number of rotatable bonds is 5. The molecule has 3 aromatic rings. The Morgan fingerprint density at radius 2 is 1.88 bits per heavy atom. The summed E-state index contributed by atoms with van der Waals surface area (Å²) in [6.07, 6.45) is 3.46. The van der Waals surface area contributed by atoms with E-state index in [4.69, 9.17) is 4.74 Å². The normalized spacial score (nSPS) is 13.3. The maximum atomic E-state index is 13.1. The minimum absolute atomic E-state index is 0.104. The van der Waals surface area contributed by atoms with E-state index in [2.05, 4.69) is 15.3 Å². The van der Waals surface area contributed by atoms with E-state index in [1.54, 1.807) is 42.5 Å². The van der Waals surface area contributed by atoms with Crippen molar-refractivity contribution in [2.75, 3.05) is 0 Å². The van der Waals surface area contributed by atoms with Crippen LogP contribution in [-0.2, 0) is 0 Å². The highest BCUT2D eigenvalue weighted by molar-refractivity contribution is 5.94. The number of ether oxygens (including phenoxy) is 1. The molecule has 1 aliphatic rings. The molecular weight excluding hydrogens is 333 g/mol. The Bertz CT molecular complexity index is 940. The van der Waals surface area contributed by atoms with Crippen LogP contribution in [0, 0.1) is 5.82 Å². The lowest BCUT2D eigenvalue weighted by molar-refractivity contribution is 0.0950. The zero-order valence-electron chi connectivity index (χ0n) is 13.9. The van der Waals surface area contributed by atoms with Crippen molar-refractivity contribution in [2.24, 2.45) is 0 Å². The molecule has 5 nitrogen and oxygen atoms in total. The van der Waals surface area contributed by atoms with Gasteiger partial charge in [-0.1, -0.05) is 6.07 Å². The highest BCUT2D eigenvalue weighted by Gasteiger charge is 2.23. The maximum absolute atomic E-state index is 13.1. The average molecular weight is 349 g/mol. The van der Waals surface area contributed by atoms with Gasteiger partial charge in [-0.3, -0.25) is 4.79 Å². The average Bonchev–Trinajstić information content (AvgIpc) is 3.47. The van der Waals surface area contributed by atoms with Crippen LogP contribution in [-0.4, -0.2) is 21.9 Å². The number of carbonyl (C=O) groups is 1. The van der Waals surface area contributed by atoms with Crippen LogP contribution in [0.25, 0.3) is 11.3 Å². The topological polar surface area (TPSA) is 64.1 Å². The Morgan fingerprint density at radius 1 is 1.08 bits per heavy atom. The van der Waals surface area contributed by atoms with Crippen LogP contribution in [0.3, 0.4) is 0 Å². The van der Waals surface area contributed by atoms with Crippen molar-refractivity contribution in [3.8, 4) is 22.9 Å². The van der Waals surface area contributed by atoms with Gasteiger partial charge >= 0.3 is 0 Å². The molecule has 6 heteroatoms. The molecule has 1 saturated carbocycles. The summed E-state index contributed by atoms with van der Waals surface area (Å²) in [5.74, 6) is 0.449. The molecule has 0 aliphatic heterocycles. The standard InChI is InChI=1S/C20H16FN3O2/c21-15-6-4-13(5-7-15)18-11-19(23-12-22-18)26-17-3-1-2-14(10-17)20(25)24-16-8-9-16/h1-7,10-12,16H,8-9H2,(H,24,25). The van der Waals surface area contributed by atoms with E-state index < -0.39 is 0 Å². The largest absolute Gasteiger partial charge is 0.439 e. The second-order valence-electron chi connectivity index (χ2n) is 6.13. The predicted molar refractivity (Wildman–Crippen MR) is 94.4 cm³/mol. The molecule has 1 heterocycles. The highest BCUT2D eigenvalue weighted by atomic mass is 19.1. The summed E-state index contributed by atoms with van der Waals surface area (Å²) in [7, 11) is 0. The lowest BCUT2D eigenvalue weighted by atomic mass is 10.1. The summed E-state index contributed by atoms with van der Waals surface area (Å²) in [6, 6.07) is 14.9. The molecule has 2 aromatic carbocycles. The lowest BCUT2D eigenvalue weighted by Crippen LogP contribution is -2.25. The summed E-state index contributed by atoms with van der Waals surface area (Å²) >= 11 is 0. The number of nitrogens with zero attached hydrogens (tertiary/aromatic N) is 2. The molecular formula is C20H16FN3O2. The molecule has 1 aliphatic carbocycles. The fourth-order valence-electron chi connectivity index (χ4n) is 2.49. The monoisotopic (exact) mass is 349 g/mol. The maximum Gasteiger partial charge on any atom is 0.251 e. The number of nitrogens with one attached hydrogen (secondary N) is 1. The predicted octanol–water partition coefficient (Wildman–Crippen LogP) is 3.97. The number of halogens is 1. The molecule has 0 atom stereocenters. The fourth-order valence-corrected chi connectivity index (χ4v) is 2.49. The van der Waals surface area contributed by atoms with Crippen molar-refractivity contribution in [1.29, 1.82) is 0 Å². The van der Waals surface area contributed by atoms with E-state index in [1.807, 2.05) is 0 Å². The second kappa shape index (κ2) is 6.92. The minimum Gasteiger partial charge on any atom is -0.439 e. The zero-order valence-corrected chi connectivity index (χ0v) is 13.9. The number of hydrogen-bond acceptors (Lipinski definition) is 4. The highest BCUT2D eigenvalue weighted by Crippen LogP contribution is 2.25. The SMILES string of the molecule is O=C(NC1CC1)c1cccc(Oc2cc(-c3ccc(F)cc3)ncn2)c1. The van der Waals surface area contributed by atoms with E-state index in [-0.39, 0.29) is 11.7 Å². The van der Waals surface area contributed by atoms with Crippen molar-refractivity contribution >= 4 is 5.91 Å². The van der Waals surface area contributed by atoms with Crippen molar-refractivity contribution in [3.63, 3.8) is 0 Å². The number of hydrogen-bond donors (Lipinski definition) is 1. The molecule has 1 fully saturated rings. The first kappa shape index (κ1) is 16.2. The van der Waals surface area contributed by atoms with Crippen LogP contribution >= 0.6 is 0 Å². The molecule has 1 aromatic heterocycles. The van der Waals surface area contributed by atoms with Gasteiger partial charge < -0.3 is 10.1 Å². The van der Waals surface area contributed by atoms with Gasteiger partial charge in [-0.2, -0.15) is 0 Å². The Kier molecular flexibility index (Phi) is 4.31. The van der Waals surface area contributed by atoms with Crippen molar-refractivity contribution in [2.45, 2.75) is 18.9 Å². The van der Waals surface area contributed by atoms with Gasteiger partial charge in [0.1, 0.15) is 17.9 Å². The van der Waals surface area contributed by atoms with Crippen LogP contribution in [0.2, 0.25) is 0 Å². The van der Waals surface area contributed by atoms with E-state index in [9.17, 15) is 9.18 Å². The molecule has 0 unspecified atom stereocenters. The molecule has 0 saturated heterocycles. The van der Waals surface area contributed by atoms with Gasteiger partial charge in [0.15, 0.2) is 0 Å². The van der Waals surface area contributed by atoms with Crippen LogP contribution < -0.4 is 10.1 Å². The smallest absolute Gasteiger partial charge is 0.251 e. The first-order valence-electron chi connectivity index (χ1n) is 8.34. The molecule has 0 bridgehead atoms. The first-order valence-corrected chi connectivity index (χ1v) is 8.34. The number of benzene rings is 2. The summed E-state index contributed by atoms with van der Waals surface area (Å²) in [5.41, 5.74) is 1.93. The lowest BCUT2D eigenvalue weighted by Gasteiger charge is -2.08. The van der Waals surface area contributed by atoms with Crippen LogP contribution in [0.5, 0.6) is 11.6 Å². The molecule has 4 rings (SSSR count). The van der Waals surface area contributed by atoms with Crippen molar-refractivity contribution in [3.05, 3.63) is 72.3 Å². The molecule has 0 spiro atoms. The van der Waals surface area contributed by atoms with Gasteiger partial charge in [0.05, 0.1) is 5.69 Å². The number of aromatic nitrogens is 2. The van der Waals surface area contributed by atoms with Gasteiger partial charge in [-0.05, 0) is 55.3 Å². The summed E-state index contributed by atoms with van der Waals surface area (Å²) in [4.78, 5) is 20.4. The Morgan fingerprint density at radius 3 is 2.65 bits per heavy atom. The Balaban J connectivity index is 1.53. The second-order valence-corrected chi connectivity index (χ2v) is 6.13. The molecule has 1 N–H and O–H groups in total. The Hall–Kier alpha value is -3.28. The van der Waals surface area contributed by atoms with Crippen LogP contribution in [0.4, 0.5) is 4.39 Å². The minimum atomic E-state index is -0.305. The van der Waals surface area contributed by atoms with E-state index >= 15 is 0 Å². The summed E-state index contributed by atoms with van der Waals surface area (Å²) in [6.45, 7) is 0. The Labute approximate surface area is 149 Å². The van der Waals surface area contributed by atoms with E-state index in [0.717, 1.165) is 18.4 Å². The first-order chi connectivity index (χ1) is 12.7. The zero-order chi connectivity index (χ0) is 17.9. The number of amides is 1. The molecule has 26 heavy (non-hydrogen) atoms. The summed E-state index contributed by atoms with van der Waals surface area (Å²) < 4.78 is 18.8. The van der Waals surface area contributed by atoms with Gasteiger partial charge in [-0.15, -0.1) is 0 Å². The molecule has 0 radical (unpaired) electrons. The third-order valence-electron chi connectivity index (χ3n) is 4.01. The van der Waals surface area contributed by atoms with Gasteiger partial charge in [0.2, 0.25) is 5.88 Å². The number of carbonyl (C=O) groups excluding carboxylic acids is 1. The third kappa shape index (κ3) is 3.85. The van der Waals surface area contributed by atoms with Gasteiger partial charge in [-0.25, -0.2) is 14.4 Å². The molecule has 1 amide bonds. The molecule has 130 valence electrons. The quantitative estimate of drug-likeness (QED) is 0.757. The van der Waals surface area contributed by atoms with Crippen molar-refractivity contribution in [1.82, 2.24) is 15.3 Å². The van der Waals surface area contributed by atoms with Crippen LogP contribution in [0.1, 0.15) is 23.2 Å². The van der Waals surface area contributed by atoms with E-state index in [1.165, 1.54) is 18.5 Å². The van der Waals surface area contributed by atoms with Gasteiger partial charge in [0, 0.05) is 23.2 Å².